The summed E-state index contributed by atoms with van der Waals surface area (Å²) in [6.07, 6.45) is -0.142. The highest BCUT2D eigenvalue weighted by molar-refractivity contribution is 5.89. The summed E-state index contributed by atoms with van der Waals surface area (Å²) >= 11 is 0. The van der Waals surface area contributed by atoms with Gasteiger partial charge in [-0.15, -0.1) is 0 Å². The molecule has 138 valence electrons. The molecular weight excluding hydrogens is 340 g/mol. The molecule has 2 aromatic carbocycles. The van der Waals surface area contributed by atoms with Gasteiger partial charge in [0.25, 0.3) is 0 Å². The maximum Gasteiger partial charge on any atom is 0.319 e. The Kier molecular flexibility index (Phi) is 6.14. The Morgan fingerprint density at radius 2 is 2.00 bits per heavy atom. The Bertz CT molecular complexity index is 743. The summed E-state index contributed by atoms with van der Waals surface area (Å²) in [6.45, 7) is 3.25. The highest BCUT2D eigenvalue weighted by atomic mass is 19.1. The maximum atomic E-state index is 13.6. The molecule has 7 heteroatoms. The lowest BCUT2D eigenvalue weighted by atomic mass is 10.2. The lowest BCUT2D eigenvalue weighted by Gasteiger charge is -2.33. The summed E-state index contributed by atoms with van der Waals surface area (Å²) in [5, 5.41) is 5.03. The summed E-state index contributed by atoms with van der Waals surface area (Å²) in [5.41, 5.74) is 1.16. The summed E-state index contributed by atoms with van der Waals surface area (Å²) in [4.78, 5) is 14.2. The van der Waals surface area contributed by atoms with Crippen LogP contribution in [0.2, 0.25) is 0 Å². The number of urea groups is 1. The first-order chi connectivity index (χ1) is 12.6. The first-order valence-corrected chi connectivity index (χ1v) is 8.48. The zero-order valence-electron chi connectivity index (χ0n) is 14.3. The fourth-order valence-electron chi connectivity index (χ4n) is 2.85. The van der Waals surface area contributed by atoms with Crippen LogP contribution in [0, 0.1) is 11.6 Å². The number of ether oxygens (including phenoxy) is 1. The zero-order chi connectivity index (χ0) is 18.4. The highest BCUT2D eigenvalue weighted by Crippen LogP contribution is 2.15. The van der Waals surface area contributed by atoms with E-state index >= 15 is 0 Å². The molecule has 1 aliphatic rings. The van der Waals surface area contributed by atoms with Gasteiger partial charge in [-0.25, -0.2) is 13.6 Å². The molecule has 0 spiro atoms. The number of carbonyl (C=O) groups is 1. The molecule has 5 nitrogen and oxygen atoms in total. The van der Waals surface area contributed by atoms with E-state index in [1.54, 1.807) is 0 Å². The van der Waals surface area contributed by atoms with Crippen LogP contribution in [0.3, 0.4) is 0 Å². The van der Waals surface area contributed by atoms with E-state index in [9.17, 15) is 13.6 Å². The molecule has 0 radical (unpaired) electrons. The Morgan fingerprint density at radius 3 is 2.77 bits per heavy atom. The number of hydrogen-bond donors (Lipinski definition) is 2. The summed E-state index contributed by atoms with van der Waals surface area (Å²) in [6, 6.07) is 12.6. The molecule has 1 aliphatic heterocycles. The predicted molar refractivity (Wildman–Crippen MR) is 94.8 cm³/mol. The van der Waals surface area contributed by atoms with Gasteiger partial charge in [0, 0.05) is 32.2 Å². The van der Waals surface area contributed by atoms with Crippen LogP contribution in [0.15, 0.2) is 48.5 Å². The molecule has 1 saturated heterocycles. The summed E-state index contributed by atoms with van der Waals surface area (Å²) < 4.78 is 32.1. The Morgan fingerprint density at radius 1 is 1.19 bits per heavy atom. The molecule has 2 N–H and O–H groups in total. The van der Waals surface area contributed by atoms with Gasteiger partial charge < -0.3 is 15.4 Å². The number of carbonyl (C=O) groups excluding carboxylic acids is 1. The van der Waals surface area contributed by atoms with Crippen LogP contribution < -0.4 is 10.6 Å². The van der Waals surface area contributed by atoms with Crippen molar-refractivity contribution >= 4 is 11.7 Å². The van der Waals surface area contributed by atoms with E-state index in [0.717, 1.165) is 25.2 Å². The highest BCUT2D eigenvalue weighted by Gasteiger charge is 2.21. The monoisotopic (exact) mass is 361 g/mol. The van der Waals surface area contributed by atoms with E-state index < -0.39 is 17.7 Å². The molecule has 1 fully saturated rings. The number of amides is 2. The quantitative estimate of drug-likeness (QED) is 0.861. The summed E-state index contributed by atoms with van der Waals surface area (Å²) in [5.74, 6) is -1.51. The molecule has 2 amide bonds. The van der Waals surface area contributed by atoms with Crippen molar-refractivity contribution in [1.29, 1.82) is 0 Å². The zero-order valence-corrected chi connectivity index (χ0v) is 14.3. The Labute approximate surface area is 151 Å². The molecule has 1 heterocycles. The second-order valence-corrected chi connectivity index (χ2v) is 6.17. The normalized spacial score (nSPS) is 17.7. The lowest BCUT2D eigenvalue weighted by Crippen LogP contribution is -2.47. The number of benzene rings is 2. The molecular formula is C19H21F2N3O2. The van der Waals surface area contributed by atoms with Crippen molar-refractivity contribution in [2.24, 2.45) is 0 Å². The number of anilines is 1. The second-order valence-electron chi connectivity index (χ2n) is 6.17. The molecule has 1 unspecified atom stereocenters. The maximum absolute atomic E-state index is 13.6. The van der Waals surface area contributed by atoms with Crippen LogP contribution in [0.4, 0.5) is 19.3 Å². The number of nitrogens with one attached hydrogen (secondary N) is 2. The van der Waals surface area contributed by atoms with Gasteiger partial charge in [0.15, 0.2) is 0 Å². The van der Waals surface area contributed by atoms with E-state index in [1.807, 2.05) is 18.2 Å². The SMILES string of the molecule is O=C(NCC1CN(Cc2ccccc2)CCO1)Nc1ccc(F)cc1F. The summed E-state index contributed by atoms with van der Waals surface area (Å²) in [7, 11) is 0. The van der Waals surface area contributed by atoms with Crippen molar-refractivity contribution in [1.82, 2.24) is 10.2 Å². The predicted octanol–water partition coefficient (Wildman–Crippen LogP) is 2.99. The molecule has 2 aromatic rings. The minimum Gasteiger partial charge on any atom is -0.374 e. The smallest absolute Gasteiger partial charge is 0.319 e. The van der Waals surface area contributed by atoms with Crippen molar-refractivity contribution in [3.63, 3.8) is 0 Å². The van der Waals surface area contributed by atoms with Gasteiger partial charge in [0.05, 0.1) is 18.4 Å². The largest absolute Gasteiger partial charge is 0.374 e. The van der Waals surface area contributed by atoms with E-state index in [1.165, 1.54) is 11.6 Å². The number of halogens is 2. The van der Waals surface area contributed by atoms with Gasteiger partial charge in [0.2, 0.25) is 0 Å². The van der Waals surface area contributed by atoms with E-state index in [-0.39, 0.29) is 11.8 Å². The average molecular weight is 361 g/mol. The van der Waals surface area contributed by atoms with Crippen LogP contribution in [0.5, 0.6) is 0 Å². The van der Waals surface area contributed by atoms with Gasteiger partial charge in [-0.2, -0.15) is 0 Å². The first-order valence-electron chi connectivity index (χ1n) is 8.48. The van der Waals surface area contributed by atoms with Crippen LogP contribution >= 0.6 is 0 Å². The second kappa shape index (κ2) is 8.73. The van der Waals surface area contributed by atoms with Crippen LogP contribution in [-0.4, -0.2) is 43.3 Å². The van der Waals surface area contributed by atoms with Crippen molar-refractivity contribution < 1.29 is 18.3 Å². The number of rotatable bonds is 5. The van der Waals surface area contributed by atoms with E-state index in [0.29, 0.717) is 19.7 Å². The standard InChI is InChI=1S/C19H21F2N3O2/c20-15-6-7-18(17(21)10-15)23-19(25)22-11-16-13-24(8-9-26-16)12-14-4-2-1-3-5-14/h1-7,10,16H,8-9,11-13H2,(H2,22,23,25). The Balaban J connectivity index is 1.45. The molecule has 26 heavy (non-hydrogen) atoms. The lowest BCUT2D eigenvalue weighted by molar-refractivity contribution is -0.0285. The minimum absolute atomic E-state index is 0.0702. The van der Waals surface area contributed by atoms with Crippen molar-refractivity contribution in [2.45, 2.75) is 12.6 Å². The van der Waals surface area contributed by atoms with Gasteiger partial charge in [-0.1, -0.05) is 30.3 Å². The molecule has 3 rings (SSSR count). The first kappa shape index (κ1) is 18.3. The molecule has 0 saturated carbocycles. The third-order valence-electron chi connectivity index (χ3n) is 4.14. The van der Waals surface area contributed by atoms with Gasteiger partial charge in [0.1, 0.15) is 11.6 Å². The van der Waals surface area contributed by atoms with Crippen LogP contribution in [0.25, 0.3) is 0 Å². The van der Waals surface area contributed by atoms with Gasteiger partial charge in [-0.3, -0.25) is 4.90 Å². The van der Waals surface area contributed by atoms with Crippen LogP contribution in [0.1, 0.15) is 5.56 Å². The third-order valence-corrected chi connectivity index (χ3v) is 4.14. The Hall–Kier alpha value is -2.51. The average Bonchev–Trinajstić information content (AvgIpc) is 2.64. The molecule has 1 atom stereocenters. The minimum atomic E-state index is -0.817. The van der Waals surface area contributed by atoms with Crippen molar-refractivity contribution in [3.05, 3.63) is 65.7 Å². The van der Waals surface area contributed by atoms with Crippen LogP contribution in [-0.2, 0) is 11.3 Å². The number of hydrogen-bond acceptors (Lipinski definition) is 3. The van der Waals surface area contributed by atoms with Crippen molar-refractivity contribution in [2.75, 3.05) is 31.6 Å². The third kappa shape index (κ3) is 5.24. The number of nitrogens with zero attached hydrogens (tertiary/aromatic N) is 1. The fourth-order valence-corrected chi connectivity index (χ4v) is 2.85. The number of morpholine rings is 1. The van der Waals surface area contributed by atoms with E-state index in [4.69, 9.17) is 4.74 Å². The van der Waals surface area contributed by atoms with Crippen molar-refractivity contribution in [3.8, 4) is 0 Å². The van der Waals surface area contributed by atoms with Gasteiger partial charge in [-0.05, 0) is 17.7 Å². The van der Waals surface area contributed by atoms with E-state index in [2.05, 4.69) is 27.7 Å². The molecule has 0 bridgehead atoms. The van der Waals surface area contributed by atoms with Gasteiger partial charge >= 0.3 is 6.03 Å². The topological polar surface area (TPSA) is 53.6 Å². The fraction of sp³-hybridized carbons (Fsp3) is 0.316. The molecule has 0 aromatic heterocycles. The molecule has 0 aliphatic carbocycles.